The Balaban J connectivity index is 2.81. The summed E-state index contributed by atoms with van der Waals surface area (Å²) in [6.07, 6.45) is 1.68. The van der Waals surface area contributed by atoms with Crippen LogP contribution in [0.2, 0.25) is 0 Å². The zero-order valence-corrected chi connectivity index (χ0v) is 10.2. The van der Waals surface area contributed by atoms with E-state index in [2.05, 4.69) is 13.8 Å². The largest absolute Gasteiger partial charge is 0.481 e. The molecule has 0 fully saturated rings. The number of aliphatic carboxylic acids is 1. The van der Waals surface area contributed by atoms with E-state index in [9.17, 15) is 4.79 Å². The van der Waals surface area contributed by atoms with E-state index in [4.69, 9.17) is 5.11 Å². The van der Waals surface area contributed by atoms with Crippen LogP contribution < -0.4 is 0 Å². The first-order chi connectivity index (χ1) is 7.54. The molecule has 1 aromatic rings. The fourth-order valence-electron chi connectivity index (χ4n) is 1.91. The van der Waals surface area contributed by atoms with E-state index < -0.39 is 5.97 Å². The highest BCUT2D eigenvalue weighted by Crippen LogP contribution is 2.20. The van der Waals surface area contributed by atoms with E-state index in [-0.39, 0.29) is 5.92 Å². The van der Waals surface area contributed by atoms with Crippen molar-refractivity contribution in [3.05, 3.63) is 35.4 Å². The van der Waals surface area contributed by atoms with Crippen LogP contribution >= 0.6 is 0 Å². The van der Waals surface area contributed by atoms with Crippen molar-refractivity contribution >= 4 is 5.97 Å². The van der Waals surface area contributed by atoms with Crippen LogP contribution in [0.1, 0.15) is 44.2 Å². The summed E-state index contributed by atoms with van der Waals surface area (Å²) < 4.78 is 0. The van der Waals surface area contributed by atoms with Gasteiger partial charge in [0.05, 0.1) is 5.92 Å². The molecule has 1 rings (SSSR count). The molecule has 0 aliphatic carbocycles. The van der Waals surface area contributed by atoms with Crippen LogP contribution in [0.5, 0.6) is 0 Å². The van der Waals surface area contributed by atoms with Gasteiger partial charge < -0.3 is 5.11 Å². The van der Waals surface area contributed by atoms with E-state index in [1.165, 1.54) is 5.56 Å². The summed E-state index contributed by atoms with van der Waals surface area (Å²) in [6, 6.07) is 7.97. The number of hydrogen-bond acceptors (Lipinski definition) is 1. The summed E-state index contributed by atoms with van der Waals surface area (Å²) in [5, 5.41) is 9.04. The Morgan fingerprint density at radius 3 is 2.19 bits per heavy atom. The minimum Gasteiger partial charge on any atom is -0.481 e. The van der Waals surface area contributed by atoms with Gasteiger partial charge in [0, 0.05) is 0 Å². The van der Waals surface area contributed by atoms with Gasteiger partial charge in [-0.2, -0.15) is 0 Å². The van der Waals surface area contributed by atoms with Gasteiger partial charge in [-0.15, -0.1) is 0 Å². The van der Waals surface area contributed by atoms with Crippen molar-refractivity contribution < 1.29 is 9.90 Å². The molecule has 0 aliphatic heterocycles. The molecule has 0 amide bonds. The molecule has 1 atom stereocenters. The van der Waals surface area contributed by atoms with Gasteiger partial charge >= 0.3 is 5.97 Å². The number of carboxylic acid groups (broad SMARTS) is 1. The van der Waals surface area contributed by atoms with E-state index in [0.717, 1.165) is 12.0 Å². The Hall–Kier alpha value is -1.31. The van der Waals surface area contributed by atoms with Gasteiger partial charge in [0.1, 0.15) is 0 Å². The monoisotopic (exact) mass is 220 g/mol. The predicted molar refractivity (Wildman–Crippen MR) is 65.7 cm³/mol. The Labute approximate surface area is 97.3 Å². The molecule has 88 valence electrons. The first-order valence-corrected chi connectivity index (χ1v) is 5.86. The lowest BCUT2D eigenvalue weighted by Gasteiger charge is -2.11. The first kappa shape index (κ1) is 12.8. The molecular weight excluding hydrogens is 200 g/mol. The number of rotatable bonds is 5. The fourth-order valence-corrected chi connectivity index (χ4v) is 1.91. The lowest BCUT2D eigenvalue weighted by molar-refractivity contribution is -0.138. The molecule has 0 heterocycles. The Bertz CT molecular complexity index is 338. The van der Waals surface area contributed by atoms with Gasteiger partial charge in [0.25, 0.3) is 0 Å². The molecule has 0 aromatic heterocycles. The molecule has 0 radical (unpaired) electrons. The lowest BCUT2D eigenvalue weighted by atomic mass is 9.94. The molecule has 2 heteroatoms. The number of carbonyl (C=O) groups is 1. The topological polar surface area (TPSA) is 37.3 Å². The van der Waals surface area contributed by atoms with Crippen molar-refractivity contribution in [2.75, 3.05) is 0 Å². The smallest absolute Gasteiger partial charge is 0.310 e. The Morgan fingerprint density at radius 2 is 1.81 bits per heavy atom. The molecule has 1 aromatic carbocycles. The Morgan fingerprint density at radius 1 is 1.25 bits per heavy atom. The zero-order chi connectivity index (χ0) is 12.1. The van der Waals surface area contributed by atoms with Crippen molar-refractivity contribution in [2.24, 2.45) is 5.92 Å². The van der Waals surface area contributed by atoms with E-state index in [1.54, 1.807) is 0 Å². The molecule has 2 nitrogen and oxygen atoms in total. The standard InChI is InChI=1S/C14H20O2/c1-4-13(14(15)16)12-7-5-11(6-8-12)9-10(2)3/h5-8,10,13H,4,9H2,1-3H3,(H,15,16). The van der Waals surface area contributed by atoms with Gasteiger partial charge in [-0.1, -0.05) is 45.0 Å². The summed E-state index contributed by atoms with van der Waals surface area (Å²) in [5.41, 5.74) is 2.18. The van der Waals surface area contributed by atoms with Crippen LogP contribution in [-0.2, 0) is 11.2 Å². The van der Waals surface area contributed by atoms with E-state index in [1.807, 2.05) is 31.2 Å². The number of hydrogen-bond donors (Lipinski definition) is 1. The SMILES string of the molecule is CCC(C(=O)O)c1ccc(CC(C)C)cc1. The maximum absolute atomic E-state index is 11.0. The molecule has 0 aliphatic rings. The van der Waals surface area contributed by atoms with Crippen LogP contribution in [-0.4, -0.2) is 11.1 Å². The third-order valence-electron chi connectivity index (χ3n) is 2.73. The van der Waals surface area contributed by atoms with Crippen LogP contribution in [0.25, 0.3) is 0 Å². The molecule has 0 spiro atoms. The third-order valence-corrected chi connectivity index (χ3v) is 2.73. The molecule has 0 bridgehead atoms. The van der Waals surface area contributed by atoms with Crippen LogP contribution in [0.4, 0.5) is 0 Å². The molecule has 1 N–H and O–H groups in total. The summed E-state index contributed by atoms with van der Waals surface area (Å²) in [6.45, 7) is 6.26. The van der Waals surface area contributed by atoms with Crippen molar-refractivity contribution in [2.45, 2.75) is 39.5 Å². The maximum atomic E-state index is 11.0. The minimum absolute atomic E-state index is 0.368. The molecular formula is C14H20O2. The molecule has 1 unspecified atom stereocenters. The number of carboxylic acids is 1. The average Bonchev–Trinajstić information content (AvgIpc) is 2.20. The quantitative estimate of drug-likeness (QED) is 0.825. The highest BCUT2D eigenvalue weighted by molar-refractivity contribution is 5.75. The third kappa shape index (κ3) is 3.37. The van der Waals surface area contributed by atoms with Crippen LogP contribution in [0.15, 0.2) is 24.3 Å². The van der Waals surface area contributed by atoms with Crippen molar-refractivity contribution in [3.8, 4) is 0 Å². The van der Waals surface area contributed by atoms with Crippen LogP contribution in [0.3, 0.4) is 0 Å². The van der Waals surface area contributed by atoms with Crippen LogP contribution in [0, 0.1) is 5.92 Å². The molecule has 0 saturated carbocycles. The lowest BCUT2D eigenvalue weighted by Crippen LogP contribution is -2.10. The van der Waals surface area contributed by atoms with E-state index >= 15 is 0 Å². The van der Waals surface area contributed by atoms with Gasteiger partial charge in [-0.05, 0) is 29.9 Å². The fraction of sp³-hybridized carbons (Fsp3) is 0.500. The Kier molecular flexibility index (Phi) is 4.53. The van der Waals surface area contributed by atoms with E-state index in [0.29, 0.717) is 12.3 Å². The second kappa shape index (κ2) is 5.69. The maximum Gasteiger partial charge on any atom is 0.310 e. The van der Waals surface area contributed by atoms with Crippen molar-refractivity contribution in [1.29, 1.82) is 0 Å². The summed E-state index contributed by atoms with van der Waals surface area (Å²) in [4.78, 5) is 11.0. The normalized spacial score (nSPS) is 12.8. The minimum atomic E-state index is -0.737. The number of benzene rings is 1. The summed E-state index contributed by atoms with van der Waals surface area (Å²) in [7, 11) is 0. The zero-order valence-electron chi connectivity index (χ0n) is 10.2. The summed E-state index contributed by atoms with van der Waals surface area (Å²) in [5.74, 6) is -0.473. The molecule has 16 heavy (non-hydrogen) atoms. The average molecular weight is 220 g/mol. The second-order valence-corrected chi connectivity index (χ2v) is 4.64. The summed E-state index contributed by atoms with van der Waals surface area (Å²) >= 11 is 0. The van der Waals surface area contributed by atoms with Gasteiger partial charge in [0.2, 0.25) is 0 Å². The van der Waals surface area contributed by atoms with Crippen molar-refractivity contribution in [1.82, 2.24) is 0 Å². The molecule has 0 saturated heterocycles. The van der Waals surface area contributed by atoms with Gasteiger partial charge in [0.15, 0.2) is 0 Å². The second-order valence-electron chi connectivity index (χ2n) is 4.64. The predicted octanol–water partition coefficient (Wildman–Crippen LogP) is 3.46. The van der Waals surface area contributed by atoms with Gasteiger partial charge in [-0.25, -0.2) is 0 Å². The highest BCUT2D eigenvalue weighted by Gasteiger charge is 2.16. The first-order valence-electron chi connectivity index (χ1n) is 5.86. The van der Waals surface area contributed by atoms with Crippen molar-refractivity contribution in [3.63, 3.8) is 0 Å². The van der Waals surface area contributed by atoms with Gasteiger partial charge in [-0.3, -0.25) is 4.79 Å². The highest BCUT2D eigenvalue weighted by atomic mass is 16.4.